The molecule has 1 saturated heterocycles. The van der Waals surface area contributed by atoms with E-state index in [4.69, 9.17) is 4.74 Å². The summed E-state index contributed by atoms with van der Waals surface area (Å²) < 4.78 is 21.0. The lowest BCUT2D eigenvalue weighted by molar-refractivity contribution is -0.121. The topological polar surface area (TPSA) is 69.0 Å². The molecule has 2 aromatic rings. The Morgan fingerprint density at radius 3 is 3.10 bits per heavy atom. The van der Waals surface area contributed by atoms with Crippen LogP contribution in [0.25, 0.3) is 0 Å². The molecule has 1 fully saturated rings. The number of carbonyl (C=O) groups is 1. The van der Waals surface area contributed by atoms with Gasteiger partial charge in [-0.25, -0.2) is 9.37 Å². The summed E-state index contributed by atoms with van der Waals surface area (Å²) in [6.07, 6.45) is 6.13. The van der Waals surface area contributed by atoms with E-state index in [0.717, 1.165) is 6.20 Å². The van der Waals surface area contributed by atoms with Gasteiger partial charge in [0.25, 0.3) is 0 Å². The van der Waals surface area contributed by atoms with E-state index in [-0.39, 0.29) is 11.6 Å². The Hall–Kier alpha value is -2.28. The second kappa shape index (κ2) is 5.61. The average Bonchev–Trinajstić information content (AvgIpc) is 3.09. The first kappa shape index (κ1) is 13.7. The molecule has 7 heteroatoms. The number of nitrogens with one attached hydrogen (secondary N) is 1. The van der Waals surface area contributed by atoms with Crippen LogP contribution >= 0.6 is 0 Å². The van der Waals surface area contributed by atoms with Crippen LogP contribution in [0.5, 0.6) is 0 Å². The molecule has 0 bridgehead atoms. The lowest BCUT2D eigenvalue weighted by Gasteiger charge is -2.18. The summed E-state index contributed by atoms with van der Waals surface area (Å²) in [7, 11) is 1.85. The zero-order valence-corrected chi connectivity index (χ0v) is 11.5. The second-order valence-corrected chi connectivity index (χ2v) is 4.93. The lowest BCUT2D eigenvalue weighted by Crippen LogP contribution is -2.27. The number of pyridine rings is 1. The first-order valence-electron chi connectivity index (χ1n) is 6.66. The zero-order chi connectivity index (χ0) is 14.8. The van der Waals surface area contributed by atoms with Crippen molar-refractivity contribution in [1.82, 2.24) is 14.5 Å². The average molecular weight is 290 g/mol. The van der Waals surface area contributed by atoms with Gasteiger partial charge in [-0.15, -0.1) is 0 Å². The summed E-state index contributed by atoms with van der Waals surface area (Å²) >= 11 is 0. The first-order chi connectivity index (χ1) is 10.2. The molecule has 2 atom stereocenters. The Bertz CT molecular complexity index is 658. The number of aromatic nitrogens is 3. The third kappa shape index (κ3) is 2.64. The van der Waals surface area contributed by atoms with Crippen molar-refractivity contribution < 1.29 is 13.9 Å². The molecule has 21 heavy (non-hydrogen) atoms. The maximum absolute atomic E-state index is 13.5. The molecule has 2 aromatic heterocycles. The van der Waals surface area contributed by atoms with Crippen molar-refractivity contribution in [2.45, 2.75) is 12.5 Å². The molecule has 1 N–H and O–H groups in total. The van der Waals surface area contributed by atoms with Gasteiger partial charge in [-0.05, 0) is 12.5 Å². The predicted molar refractivity (Wildman–Crippen MR) is 72.8 cm³/mol. The number of rotatable bonds is 3. The summed E-state index contributed by atoms with van der Waals surface area (Å²) in [5.74, 6) is -0.523. The van der Waals surface area contributed by atoms with Gasteiger partial charge in [-0.1, -0.05) is 0 Å². The molecule has 0 spiro atoms. The monoisotopic (exact) mass is 290 g/mol. The molecule has 0 saturated carbocycles. The number of hydrogen-bond donors (Lipinski definition) is 1. The van der Waals surface area contributed by atoms with Gasteiger partial charge in [-0.2, -0.15) is 0 Å². The number of amides is 1. The van der Waals surface area contributed by atoms with E-state index in [2.05, 4.69) is 15.3 Å². The van der Waals surface area contributed by atoms with E-state index < -0.39 is 17.8 Å². The molecule has 0 unspecified atom stereocenters. The number of carbonyl (C=O) groups excluding carboxylic acids is 1. The zero-order valence-electron chi connectivity index (χ0n) is 11.5. The Balaban J connectivity index is 1.78. The van der Waals surface area contributed by atoms with Gasteiger partial charge in [-0.3, -0.25) is 9.78 Å². The van der Waals surface area contributed by atoms with E-state index in [0.29, 0.717) is 18.9 Å². The molecular weight excluding hydrogens is 275 g/mol. The predicted octanol–water partition coefficient (Wildman–Crippen LogP) is 1.67. The molecular formula is C14H15FN4O2. The quantitative estimate of drug-likeness (QED) is 0.933. The summed E-state index contributed by atoms with van der Waals surface area (Å²) in [6.45, 7) is 0.481. The molecule has 1 amide bonds. The van der Waals surface area contributed by atoms with Crippen LogP contribution in [0.3, 0.4) is 0 Å². The third-order valence-electron chi connectivity index (χ3n) is 3.57. The number of nitrogens with zero attached hydrogens (tertiary/aromatic N) is 3. The maximum atomic E-state index is 13.5. The summed E-state index contributed by atoms with van der Waals surface area (Å²) in [5, 5.41) is 2.59. The minimum atomic E-state index is -0.557. The van der Waals surface area contributed by atoms with Crippen molar-refractivity contribution in [1.29, 1.82) is 0 Å². The van der Waals surface area contributed by atoms with Gasteiger partial charge < -0.3 is 14.6 Å². The van der Waals surface area contributed by atoms with Crippen LogP contribution in [0.2, 0.25) is 0 Å². The molecule has 0 radical (unpaired) electrons. The summed E-state index contributed by atoms with van der Waals surface area (Å²) in [5.41, 5.74) is 0.125. The minimum Gasteiger partial charge on any atom is -0.369 e. The van der Waals surface area contributed by atoms with Crippen molar-refractivity contribution in [3.05, 3.63) is 42.5 Å². The van der Waals surface area contributed by atoms with E-state index in [9.17, 15) is 9.18 Å². The van der Waals surface area contributed by atoms with Gasteiger partial charge in [0, 0.05) is 32.2 Å². The Morgan fingerprint density at radius 1 is 1.52 bits per heavy atom. The van der Waals surface area contributed by atoms with E-state index in [1.54, 1.807) is 12.4 Å². The first-order valence-corrected chi connectivity index (χ1v) is 6.66. The number of ether oxygens (including phenoxy) is 1. The van der Waals surface area contributed by atoms with E-state index in [1.165, 1.54) is 12.3 Å². The molecule has 3 heterocycles. The standard InChI is InChI=1S/C14H15FN4O2/c1-19-6-5-17-13(19)12-9(3-7-21-12)14(20)18-11-2-4-16-8-10(11)15/h2,4-6,8-9,12H,3,7H2,1H3,(H,16,18,20)/t9-,12-/m1/s1. The van der Waals surface area contributed by atoms with Crippen LogP contribution in [0.15, 0.2) is 30.9 Å². The van der Waals surface area contributed by atoms with Crippen molar-refractivity contribution >= 4 is 11.6 Å². The molecule has 1 aliphatic rings. The minimum absolute atomic E-state index is 0.125. The van der Waals surface area contributed by atoms with Gasteiger partial charge in [0.15, 0.2) is 5.82 Å². The van der Waals surface area contributed by atoms with Crippen molar-refractivity contribution in [2.75, 3.05) is 11.9 Å². The van der Waals surface area contributed by atoms with Gasteiger partial charge in [0.05, 0.1) is 17.8 Å². The molecule has 6 nitrogen and oxygen atoms in total. The van der Waals surface area contributed by atoms with Crippen LogP contribution < -0.4 is 5.32 Å². The number of hydrogen-bond acceptors (Lipinski definition) is 4. The number of anilines is 1. The molecule has 0 aromatic carbocycles. The van der Waals surface area contributed by atoms with Crippen LogP contribution in [0, 0.1) is 11.7 Å². The van der Waals surface area contributed by atoms with Crippen LogP contribution in [0.4, 0.5) is 10.1 Å². The molecule has 0 aliphatic carbocycles. The Kier molecular flexibility index (Phi) is 3.66. The number of aryl methyl sites for hydroxylation is 1. The van der Waals surface area contributed by atoms with Gasteiger partial charge >= 0.3 is 0 Å². The van der Waals surface area contributed by atoms with Crippen LogP contribution in [0.1, 0.15) is 18.3 Å². The largest absolute Gasteiger partial charge is 0.369 e. The Morgan fingerprint density at radius 2 is 2.38 bits per heavy atom. The molecule has 3 rings (SSSR count). The van der Waals surface area contributed by atoms with Crippen LogP contribution in [-0.4, -0.2) is 27.0 Å². The van der Waals surface area contributed by atoms with Gasteiger partial charge in [0.2, 0.25) is 5.91 Å². The highest BCUT2D eigenvalue weighted by Gasteiger charge is 2.37. The van der Waals surface area contributed by atoms with Crippen LogP contribution in [-0.2, 0) is 16.6 Å². The third-order valence-corrected chi connectivity index (χ3v) is 3.57. The summed E-state index contributed by atoms with van der Waals surface area (Å²) in [4.78, 5) is 20.3. The van der Waals surface area contributed by atoms with Crippen molar-refractivity contribution in [3.8, 4) is 0 Å². The van der Waals surface area contributed by atoms with Crippen molar-refractivity contribution in [2.24, 2.45) is 13.0 Å². The smallest absolute Gasteiger partial charge is 0.230 e. The van der Waals surface area contributed by atoms with E-state index in [1.807, 2.05) is 11.6 Å². The highest BCUT2D eigenvalue weighted by Crippen LogP contribution is 2.34. The number of halogens is 1. The maximum Gasteiger partial charge on any atom is 0.230 e. The Labute approximate surface area is 121 Å². The fourth-order valence-corrected chi connectivity index (χ4v) is 2.47. The highest BCUT2D eigenvalue weighted by molar-refractivity contribution is 5.93. The highest BCUT2D eigenvalue weighted by atomic mass is 19.1. The fourth-order valence-electron chi connectivity index (χ4n) is 2.47. The normalized spacial score (nSPS) is 21.4. The van der Waals surface area contributed by atoms with E-state index >= 15 is 0 Å². The number of imidazole rings is 1. The van der Waals surface area contributed by atoms with Crippen molar-refractivity contribution in [3.63, 3.8) is 0 Å². The lowest BCUT2D eigenvalue weighted by atomic mass is 9.99. The van der Waals surface area contributed by atoms with Gasteiger partial charge in [0.1, 0.15) is 11.9 Å². The summed E-state index contributed by atoms with van der Waals surface area (Å²) in [6, 6.07) is 1.43. The second-order valence-electron chi connectivity index (χ2n) is 4.93. The fraction of sp³-hybridized carbons (Fsp3) is 0.357. The molecule has 110 valence electrons. The SMILES string of the molecule is Cn1ccnc1[C@@H]1OCC[C@H]1C(=O)Nc1ccncc1F. The molecule has 1 aliphatic heterocycles.